The highest BCUT2D eigenvalue weighted by molar-refractivity contribution is 9.10. The quantitative estimate of drug-likeness (QED) is 0.830. The van der Waals surface area contributed by atoms with Gasteiger partial charge in [0.15, 0.2) is 0 Å². The molecule has 0 fully saturated rings. The fourth-order valence-corrected chi connectivity index (χ4v) is 2.34. The first-order chi connectivity index (χ1) is 7.63. The topological polar surface area (TPSA) is 42.0 Å². The van der Waals surface area contributed by atoms with Gasteiger partial charge in [-0.1, -0.05) is 22.9 Å². The number of hydrogen-bond acceptors (Lipinski definition) is 2. The van der Waals surface area contributed by atoms with E-state index in [9.17, 15) is 4.79 Å². The molecule has 0 aromatic carbocycles. The lowest BCUT2D eigenvalue weighted by molar-refractivity contribution is 0.0947. The van der Waals surface area contributed by atoms with Crippen LogP contribution in [0.15, 0.2) is 22.9 Å². The second-order valence-electron chi connectivity index (χ2n) is 3.68. The number of nitrogens with zero attached hydrogens (tertiary/aromatic N) is 1. The molecular weight excluding hydrogens is 336 g/mol. The number of pyridine rings is 1. The molecule has 5 heteroatoms. The lowest BCUT2D eigenvalue weighted by Gasteiger charge is -2.10. The third-order valence-electron chi connectivity index (χ3n) is 2.18. The summed E-state index contributed by atoms with van der Waals surface area (Å²) in [7, 11) is 0. The van der Waals surface area contributed by atoms with Gasteiger partial charge in [-0.2, -0.15) is 0 Å². The number of rotatable bonds is 5. The van der Waals surface area contributed by atoms with Crippen molar-refractivity contribution < 1.29 is 4.79 Å². The molecule has 0 aliphatic carbocycles. The van der Waals surface area contributed by atoms with Gasteiger partial charge in [0.25, 0.3) is 5.91 Å². The Morgan fingerprint density at radius 3 is 2.94 bits per heavy atom. The summed E-state index contributed by atoms with van der Waals surface area (Å²) in [4.78, 5) is 15.7. The van der Waals surface area contributed by atoms with Gasteiger partial charge < -0.3 is 5.32 Å². The SMILES string of the molecule is CC(CCBr)CNC(=O)c1cncc(Br)c1. The molecule has 88 valence electrons. The van der Waals surface area contributed by atoms with Crippen LogP contribution in [-0.4, -0.2) is 22.8 Å². The molecular formula is C11H14Br2N2O. The van der Waals surface area contributed by atoms with Crippen LogP contribution in [-0.2, 0) is 0 Å². The van der Waals surface area contributed by atoms with Gasteiger partial charge in [-0.25, -0.2) is 0 Å². The first kappa shape index (κ1) is 13.6. The molecule has 1 heterocycles. The van der Waals surface area contributed by atoms with Gasteiger partial charge in [0.05, 0.1) is 5.56 Å². The number of amides is 1. The van der Waals surface area contributed by atoms with Crippen molar-refractivity contribution in [3.8, 4) is 0 Å². The van der Waals surface area contributed by atoms with E-state index in [2.05, 4.69) is 49.1 Å². The average molecular weight is 350 g/mol. The van der Waals surface area contributed by atoms with Crippen LogP contribution < -0.4 is 5.32 Å². The van der Waals surface area contributed by atoms with Gasteiger partial charge in [-0.15, -0.1) is 0 Å². The van der Waals surface area contributed by atoms with Gasteiger partial charge in [-0.3, -0.25) is 9.78 Å². The highest BCUT2D eigenvalue weighted by atomic mass is 79.9. The van der Waals surface area contributed by atoms with Crippen LogP contribution in [0, 0.1) is 5.92 Å². The van der Waals surface area contributed by atoms with Crippen molar-refractivity contribution in [1.29, 1.82) is 0 Å². The third-order valence-corrected chi connectivity index (χ3v) is 3.07. The lowest BCUT2D eigenvalue weighted by atomic mass is 10.1. The summed E-state index contributed by atoms with van der Waals surface area (Å²) in [5, 5.41) is 3.85. The largest absolute Gasteiger partial charge is 0.352 e. The molecule has 0 bridgehead atoms. The number of carbonyl (C=O) groups is 1. The molecule has 0 aliphatic rings. The molecule has 1 N–H and O–H groups in total. The summed E-state index contributed by atoms with van der Waals surface area (Å²) < 4.78 is 0.814. The van der Waals surface area contributed by atoms with Crippen LogP contribution >= 0.6 is 31.9 Å². The van der Waals surface area contributed by atoms with Crippen molar-refractivity contribution in [1.82, 2.24) is 10.3 Å². The van der Waals surface area contributed by atoms with Crippen molar-refractivity contribution in [2.45, 2.75) is 13.3 Å². The predicted octanol–water partition coefficient (Wildman–Crippen LogP) is 3.00. The van der Waals surface area contributed by atoms with E-state index in [0.717, 1.165) is 16.2 Å². The minimum Gasteiger partial charge on any atom is -0.352 e. The molecule has 1 aromatic heterocycles. The van der Waals surface area contributed by atoms with E-state index in [1.54, 1.807) is 18.5 Å². The van der Waals surface area contributed by atoms with Crippen molar-refractivity contribution in [2.24, 2.45) is 5.92 Å². The first-order valence-electron chi connectivity index (χ1n) is 5.08. The Hall–Kier alpha value is -0.420. The molecule has 0 spiro atoms. The van der Waals surface area contributed by atoms with Gasteiger partial charge in [0, 0.05) is 28.7 Å². The molecule has 1 rings (SSSR count). The maximum absolute atomic E-state index is 11.7. The van der Waals surface area contributed by atoms with E-state index < -0.39 is 0 Å². The van der Waals surface area contributed by atoms with E-state index in [0.29, 0.717) is 18.0 Å². The molecule has 0 aliphatic heterocycles. The summed E-state index contributed by atoms with van der Waals surface area (Å²) in [5.41, 5.74) is 0.584. The summed E-state index contributed by atoms with van der Waals surface area (Å²) in [6, 6.07) is 1.76. The Morgan fingerprint density at radius 1 is 1.56 bits per heavy atom. The number of aromatic nitrogens is 1. The molecule has 16 heavy (non-hydrogen) atoms. The van der Waals surface area contributed by atoms with E-state index >= 15 is 0 Å². The van der Waals surface area contributed by atoms with Crippen LogP contribution in [0.25, 0.3) is 0 Å². The van der Waals surface area contributed by atoms with Crippen LogP contribution in [0.1, 0.15) is 23.7 Å². The smallest absolute Gasteiger partial charge is 0.252 e. The number of carbonyl (C=O) groups excluding carboxylic acids is 1. The van der Waals surface area contributed by atoms with Crippen molar-refractivity contribution in [3.05, 3.63) is 28.5 Å². The van der Waals surface area contributed by atoms with Gasteiger partial charge >= 0.3 is 0 Å². The van der Waals surface area contributed by atoms with Gasteiger partial charge in [-0.05, 0) is 34.3 Å². The zero-order valence-electron chi connectivity index (χ0n) is 9.04. The molecule has 0 radical (unpaired) electrons. The van der Waals surface area contributed by atoms with Crippen molar-refractivity contribution in [3.63, 3.8) is 0 Å². The molecule has 1 unspecified atom stereocenters. The van der Waals surface area contributed by atoms with Crippen LogP contribution in [0.2, 0.25) is 0 Å². The fourth-order valence-electron chi connectivity index (χ4n) is 1.19. The number of nitrogens with one attached hydrogen (secondary N) is 1. The monoisotopic (exact) mass is 348 g/mol. The van der Waals surface area contributed by atoms with Crippen LogP contribution in [0.5, 0.6) is 0 Å². The molecule has 0 saturated carbocycles. The number of halogens is 2. The first-order valence-corrected chi connectivity index (χ1v) is 6.99. The number of hydrogen-bond donors (Lipinski definition) is 1. The maximum Gasteiger partial charge on any atom is 0.252 e. The summed E-state index contributed by atoms with van der Waals surface area (Å²) in [6.07, 6.45) is 4.27. The molecule has 3 nitrogen and oxygen atoms in total. The van der Waals surface area contributed by atoms with E-state index in [1.165, 1.54) is 0 Å². The molecule has 1 amide bonds. The van der Waals surface area contributed by atoms with Gasteiger partial charge in [0.2, 0.25) is 0 Å². The Kier molecular flexibility index (Phi) is 5.98. The third kappa shape index (κ3) is 4.61. The Labute approximate surface area is 112 Å². The number of alkyl halides is 1. The zero-order valence-corrected chi connectivity index (χ0v) is 12.2. The Morgan fingerprint density at radius 2 is 2.31 bits per heavy atom. The Bertz CT molecular complexity index is 358. The minimum absolute atomic E-state index is 0.0739. The fraction of sp³-hybridized carbons (Fsp3) is 0.455. The van der Waals surface area contributed by atoms with E-state index in [-0.39, 0.29) is 5.91 Å². The highest BCUT2D eigenvalue weighted by Gasteiger charge is 2.08. The maximum atomic E-state index is 11.7. The summed E-state index contributed by atoms with van der Waals surface area (Å²) >= 11 is 6.67. The Balaban J connectivity index is 2.47. The predicted molar refractivity (Wildman–Crippen MR) is 71.8 cm³/mol. The summed E-state index contributed by atoms with van der Waals surface area (Å²) in [6.45, 7) is 2.80. The van der Waals surface area contributed by atoms with Crippen LogP contribution in [0.3, 0.4) is 0 Å². The minimum atomic E-state index is -0.0739. The molecule has 1 aromatic rings. The highest BCUT2D eigenvalue weighted by Crippen LogP contribution is 2.09. The van der Waals surface area contributed by atoms with Crippen LogP contribution in [0.4, 0.5) is 0 Å². The van der Waals surface area contributed by atoms with E-state index in [4.69, 9.17) is 0 Å². The lowest BCUT2D eigenvalue weighted by Crippen LogP contribution is -2.28. The van der Waals surface area contributed by atoms with Crippen molar-refractivity contribution in [2.75, 3.05) is 11.9 Å². The second-order valence-corrected chi connectivity index (χ2v) is 5.39. The van der Waals surface area contributed by atoms with Gasteiger partial charge in [0.1, 0.15) is 0 Å². The van der Waals surface area contributed by atoms with Crippen molar-refractivity contribution >= 4 is 37.8 Å². The zero-order chi connectivity index (χ0) is 12.0. The molecule has 0 saturated heterocycles. The standard InChI is InChI=1S/C11H14Br2N2O/c1-8(2-3-12)5-15-11(16)9-4-10(13)7-14-6-9/h4,6-8H,2-3,5H2,1H3,(H,15,16). The van der Waals surface area contributed by atoms with E-state index in [1.807, 2.05) is 0 Å². The average Bonchev–Trinajstić information content (AvgIpc) is 2.26. The normalized spacial score (nSPS) is 12.2. The molecule has 1 atom stereocenters. The second kappa shape index (κ2) is 7.01. The summed E-state index contributed by atoms with van der Waals surface area (Å²) in [5.74, 6) is 0.402.